The Morgan fingerprint density at radius 1 is 1.44 bits per heavy atom. The van der Waals surface area contributed by atoms with Crippen LogP contribution in [0.25, 0.3) is 10.2 Å². The summed E-state index contributed by atoms with van der Waals surface area (Å²) in [6.07, 6.45) is 2.35. The lowest BCUT2D eigenvalue weighted by Crippen LogP contribution is -2.18. The summed E-state index contributed by atoms with van der Waals surface area (Å²) >= 11 is 1.58. The molecular formula is C20H22N2O4S. The normalized spacial score (nSPS) is 17.7. The number of aromatic nitrogens is 2. The summed E-state index contributed by atoms with van der Waals surface area (Å²) in [5.41, 5.74) is 1.38. The Balaban J connectivity index is 1.64. The molecule has 4 rings (SSSR count). The third-order valence-electron chi connectivity index (χ3n) is 5.11. The first-order valence-electron chi connectivity index (χ1n) is 9.16. The molecule has 27 heavy (non-hydrogen) atoms. The molecule has 1 aliphatic rings. The van der Waals surface area contributed by atoms with Crippen LogP contribution >= 0.6 is 11.3 Å². The van der Waals surface area contributed by atoms with Gasteiger partial charge in [0.2, 0.25) is 0 Å². The van der Waals surface area contributed by atoms with E-state index >= 15 is 0 Å². The van der Waals surface area contributed by atoms with Gasteiger partial charge < -0.3 is 14.1 Å². The zero-order valence-corrected chi connectivity index (χ0v) is 16.7. The summed E-state index contributed by atoms with van der Waals surface area (Å²) in [7, 11) is 0. The first kappa shape index (κ1) is 18.0. The standard InChI is InChI=1S/C20H22N2O4S/c1-9-5-6-13-15(7-9)27-19-16(13)18(23)21-17(22-19)12(4)26-20(24)14-8-10(2)25-11(14)3/h8-9,12H,5-7H2,1-4H3,(H,21,22,23)/t9-,12+/m0/s1. The largest absolute Gasteiger partial charge is 0.466 e. The van der Waals surface area contributed by atoms with Crippen molar-refractivity contribution in [2.75, 3.05) is 0 Å². The summed E-state index contributed by atoms with van der Waals surface area (Å²) < 4.78 is 10.9. The van der Waals surface area contributed by atoms with Crippen molar-refractivity contribution in [2.24, 2.45) is 5.92 Å². The van der Waals surface area contributed by atoms with Crippen LogP contribution in [0.5, 0.6) is 0 Å². The molecule has 3 aromatic heterocycles. The number of thiophene rings is 1. The van der Waals surface area contributed by atoms with Crippen LogP contribution in [0, 0.1) is 19.8 Å². The Bertz CT molecular complexity index is 1090. The van der Waals surface area contributed by atoms with Crippen molar-refractivity contribution in [1.82, 2.24) is 9.97 Å². The van der Waals surface area contributed by atoms with Gasteiger partial charge in [-0.05, 0) is 57.6 Å². The molecule has 142 valence electrons. The fourth-order valence-corrected chi connectivity index (χ4v) is 5.06. The average molecular weight is 386 g/mol. The van der Waals surface area contributed by atoms with Crippen LogP contribution in [0.1, 0.15) is 64.5 Å². The van der Waals surface area contributed by atoms with Crippen LogP contribution in [0.15, 0.2) is 15.3 Å². The molecule has 0 radical (unpaired) electrons. The number of rotatable bonds is 3. The molecule has 0 spiro atoms. The van der Waals surface area contributed by atoms with E-state index in [0.717, 1.165) is 29.7 Å². The molecule has 6 nitrogen and oxygen atoms in total. The van der Waals surface area contributed by atoms with Crippen molar-refractivity contribution in [3.63, 3.8) is 0 Å². The van der Waals surface area contributed by atoms with Gasteiger partial charge in [-0.1, -0.05) is 6.92 Å². The third kappa shape index (κ3) is 3.20. The van der Waals surface area contributed by atoms with Gasteiger partial charge in [0.25, 0.3) is 5.56 Å². The number of furan rings is 1. The molecular weight excluding hydrogens is 364 g/mol. The highest BCUT2D eigenvalue weighted by atomic mass is 32.1. The molecule has 7 heteroatoms. The topological polar surface area (TPSA) is 85.2 Å². The molecule has 0 unspecified atom stereocenters. The van der Waals surface area contributed by atoms with E-state index in [1.165, 1.54) is 4.88 Å². The Morgan fingerprint density at radius 3 is 2.93 bits per heavy atom. The Hall–Kier alpha value is -2.41. The molecule has 0 aromatic carbocycles. The van der Waals surface area contributed by atoms with E-state index in [-0.39, 0.29) is 5.56 Å². The molecule has 3 aromatic rings. The smallest absolute Gasteiger partial charge is 0.342 e. The van der Waals surface area contributed by atoms with E-state index in [1.54, 1.807) is 38.2 Å². The second kappa shape index (κ2) is 6.64. The molecule has 0 fully saturated rings. The second-order valence-electron chi connectivity index (χ2n) is 7.36. The molecule has 3 heterocycles. The lowest BCUT2D eigenvalue weighted by atomic mass is 9.89. The van der Waals surface area contributed by atoms with Gasteiger partial charge in [0.1, 0.15) is 21.9 Å². The zero-order chi connectivity index (χ0) is 19.3. The van der Waals surface area contributed by atoms with Gasteiger partial charge in [0.05, 0.1) is 5.39 Å². The van der Waals surface area contributed by atoms with Crippen LogP contribution in [0.3, 0.4) is 0 Å². The lowest BCUT2D eigenvalue weighted by Gasteiger charge is -2.17. The number of hydrogen-bond donors (Lipinski definition) is 1. The molecule has 0 amide bonds. The number of aromatic amines is 1. The Labute approximate surface area is 160 Å². The predicted molar refractivity (Wildman–Crippen MR) is 103 cm³/mol. The Morgan fingerprint density at radius 2 is 2.22 bits per heavy atom. The van der Waals surface area contributed by atoms with Gasteiger partial charge in [-0.15, -0.1) is 11.3 Å². The maximum Gasteiger partial charge on any atom is 0.342 e. The number of nitrogens with one attached hydrogen (secondary N) is 1. The number of carbonyl (C=O) groups is 1. The fourth-order valence-electron chi connectivity index (χ4n) is 3.67. The van der Waals surface area contributed by atoms with Crippen molar-refractivity contribution < 1.29 is 13.9 Å². The number of fused-ring (bicyclic) bond motifs is 3. The molecule has 0 bridgehead atoms. The highest BCUT2D eigenvalue weighted by Gasteiger charge is 2.25. The van der Waals surface area contributed by atoms with Gasteiger partial charge in [-0.25, -0.2) is 9.78 Å². The monoisotopic (exact) mass is 386 g/mol. The first-order valence-corrected chi connectivity index (χ1v) is 9.97. The maximum absolute atomic E-state index is 12.7. The van der Waals surface area contributed by atoms with E-state index in [4.69, 9.17) is 9.15 Å². The number of carbonyl (C=O) groups excluding carboxylic acids is 1. The number of esters is 1. The quantitative estimate of drug-likeness (QED) is 0.681. The highest BCUT2D eigenvalue weighted by molar-refractivity contribution is 7.18. The Kier molecular flexibility index (Phi) is 4.42. The maximum atomic E-state index is 12.7. The first-order chi connectivity index (χ1) is 12.8. The number of hydrogen-bond acceptors (Lipinski definition) is 6. The SMILES string of the molecule is Cc1cc(C(=O)O[C@H](C)c2nc3sc4c(c3c(=O)[nH]2)CC[C@H](C)C4)c(C)o1. The van der Waals surface area contributed by atoms with E-state index in [2.05, 4.69) is 16.9 Å². The van der Waals surface area contributed by atoms with E-state index in [9.17, 15) is 9.59 Å². The number of nitrogens with zero attached hydrogens (tertiary/aromatic N) is 1. The number of H-pyrrole nitrogens is 1. The minimum Gasteiger partial charge on any atom is -0.466 e. The summed E-state index contributed by atoms with van der Waals surface area (Å²) in [6, 6.07) is 1.65. The molecule has 1 aliphatic carbocycles. The average Bonchev–Trinajstić information content (AvgIpc) is 3.13. The van der Waals surface area contributed by atoms with Crippen molar-refractivity contribution in [3.05, 3.63) is 49.8 Å². The van der Waals surface area contributed by atoms with E-state index in [1.807, 2.05) is 0 Å². The summed E-state index contributed by atoms with van der Waals surface area (Å²) in [4.78, 5) is 34.5. The third-order valence-corrected chi connectivity index (χ3v) is 6.26. The minimum absolute atomic E-state index is 0.153. The van der Waals surface area contributed by atoms with Gasteiger partial charge in [-0.3, -0.25) is 4.79 Å². The molecule has 1 N–H and O–H groups in total. The van der Waals surface area contributed by atoms with Crippen LogP contribution in [-0.2, 0) is 17.6 Å². The lowest BCUT2D eigenvalue weighted by molar-refractivity contribution is 0.0318. The molecule has 0 aliphatic heterocycles. The van der Waals surface area contributed by atoms with Crippen LogP contribution in [-0.4, -0.2) is 15.9 Å². The van der Waals surface area contributed by atoms with Crippen LogP contribution < -0.4 is 5.56 Å². The number of aryl methyl sites for hydroxylation is 3. The van der Waals surface area contributed by atoms with Crippen molar-refractivity contribution in [2.45, 2.75) is 53.1 Å². The van der Waals surface area contributed by atoms with Crippen molar-refractivity contribution >= 4 is 27.5 Å². The zero-order valence-electron chi connectivity index (χ0n) is 15.8. The van der Waals surface area contributed by atoms with Crippen LogP contribution in [0.4, 0.5) is 0 Å². The van der Waals surface area contributed by atoms with Crippen molar-refractivity contribution in [3.8, 4) is 0 Å². The van der Waals surface area contributed by atoms with Crippen LogP contribution in [0.2, 0.25) is 0 Å². The van der Waals surface area contributed by atoms with E-state index in [0.29, 0.717) is 34.2 Å². The summed E-state index contributed by atoms with van der Waals surface area (Å²) in [5, 5.41) is 0.700. The highest BCUT2D eigenvalue weighted by Crippen LogP contribution is 2.36. The van der Waals surface area contributed by atoms with Gasteiger partial charge in [0, 0.05) is 4.88 Å². The molecule has 0 saturated heterocycles. The minimum atomic E-state index is -0.665. The predicted octanol–water partition coefficient (Wildman–Crippen LogP) is 4.24. The number of ether oxygens (including phenoxy) is 1. The van der Waals surface area contributed by atoms with E-state index < -0.39 is 12.1 Å². The summed E-state index contributed by atoms with van der Waals surface area (Å²) in [6.45, 7) is 7.44. The van der Waals surface area contributed by atoms with Gasteiger partial charge in [-0.2, -0.15) is 0 Å². The van der Waals surface area contributed by atoms with Gasteiger partial charge >= 0.3 is 5.97 Å². The fraction of sp³-hybridized carbons (Fsp3) is 0.450. The molecule has 2 atom stereocenters. The second-order valence-corrected chi connectivity index (χ2v) is 8.44. The van der Waals surface area contributed by atoms with Gasteiger partial charge in [0.15, 0.2) is 11.9 Å². The summed E-state index contributed by atoms with van der Waals surface area (Å²) in [5.74, 6) is 1.68. The van der Waals surface area contributed by atoms with Crippen molar-refractivity contribution in [1.29, 1.82) is 0 Å². The molecule has 0 saturated carbocycles.